The van der Waals surface area contributed by atoms with Crippen LogP contribution < -0.4 is 11.1 Å². The molecule has 4 rings (SSSR count). The summed E-state index contributed by atoms with van der Waals surface area (Å²) in [5.74, 6) is 0.585. The van der Waals surface area contributed by atoms with Crippen LogP contribution in [0.25, 0.3) is 0 Å². The van der Waals surface area contributed by atoms with Crippen molar-refractivity contribution in [3.63, 3.8) is 0 Å². The highest BCUT2D eigenvalue weighted by Crippen LogP contribution is 2.39. The number of nitrogens with zero attached hydrogens (tertiary/aromatic N) is 3. The number of carbonyl (C=O) groups excluding carboxylic acids is 1. The van der Waals surface area contributed by atoms with E-state index in [0.717, 1.165) is 12.8 Å². The van der Waals surface area contributed by atoms with Crippen molar-refractivity contribution >= 4 is 16.1 Å². The molecule has 3 fully saturated rings. The van der Waals surface area contributed by atoms with Gasteiger partial charge in [0.15, 0.2) is 5.69 Å². The number of nitrogens with one attached hydrogen (secondary N) is 1. The Labute approximate surface area is 172 Å². The maximum absolute atomic E-state index is 13.2. The Morgan fingerprint density at radius 3 is 2.38 bits per heavy atom. The van der Waals surface area contributed by atoms with Gasteiger partial charge in [-0.1, -0.05) is 19.0 Å². The van der Waals surface area contributed by atoms with Crippen LogP contribution in [0.5, 0.6) is 0 Å². The van der Waals surface area contributed by atoms with Gasteiger partial charge in [0.05, 0.1) is 0 Å². The van der Waals surface area contributed by atoms with Gasteiger partial charge in [0.1, 0.15) is 5.76 Å². The van der Waals surface area contributed by atoms with Crippen LogP contribution >= 0.6 is 0 Å². The van der Waals surface area contributed by atoms with E-state index in [-0.39, 0.29) is 41.7 Å². The minimum absolute atomic E-state index is 0.0552. The minimum Gasteiger partial charge on any atom is -0.360 e. The van der Waals surface area contributed by atoms with E-state index in [9.17, 15) is 13.2 Å². The van der Waals surface area contributed by atoms with Crippen LogP contribution in [0.1, 0.15) is 74.5 Å². The van der Waals surface area contributed by atoms with E-state index in [0.29, 0.717) is 44.5 Å². The fraction of sp³-hybridized carbons (Fsp3) is 0.789. The molecule has 0 aliphatic carbocycles. The molecule has 9 nitrogen and oxygen atoms in total. The van der Waals surface area contributed by atoms with E-state index in [4.69, 9.17) is 10.3 Å². The van der Waals surface area contributed by atoms with E-state index in [1.165, 1.54) is 0 Å². The van der Waals surface area contributed by atoms with E-state index < -0.39 is 10.2 Å². The second kappa shape index (κ2) is 7.98. The third kappa shape index (κ3) is 4.08. The number of hydrogen-bond acceptors (Lipinski definition) is 6. The van der Waals surface area contributed by atoms with Crippen molar-refractivity contribution in [3.05, 3.63) is 17.5 Å². The lowest BCUT2D eigenvalue weighted by molar-refractivity contribution is 0.0897. The zero-order valence-corrected chi connectivity index (χ0v) is 17.9. The van der Waals surface area contributed by atoms with Crippen LogP contribution in [0.2, 0.25) is 0 Å². The van der Waals surface area contributed by atoms with Crippen LogP contribution in [0.4, 0.5) is 0 Å². The summed E-state index contributed by atoms with van der Waals surface area (Å²) in [5, 5.41) is 6.90. The van der Waals surface area contributed by atoms with Gasteiger partial charge in [0.25, 0.3) is 16.1 Å². The number of amides is 1. The standard InChI is InChI=1S/C19H31N5O4S/c1-12(2)18-11-17(22-28-18)19(25)21-14-9-15-3-4-16(10-14)24(15)29(26,27)23-7-5-13(20)6-8-23/h11-16H,3-10,20H2,1-2H3,(H,21,25)/t14?,15-,16+. The van der Waals surface area contributed by atoms with Gasteiger partial charge < -0.3 is 15.6 Å². The van der Waals surface area contributed by atoms with Crippen molar-refractivity contribution in [2.45, 2.75) is 82.5 Å². The van der Waals surface area contributed by atoms with Crippen molar-refractivity contribution in [3.8, 4) is 0 Å². The summed E-state index contributed by atoms with van der Waals surface area (Å²) in [6, 6.07) is 1.58. The summed E-state index contributed by atoms with van der Waals surface area (Å²) in [4.78, 5) is 12.6. The SMILES string of the molecule is CC(C)c1cc(C(=O)NC2C[C@H]3CC[C@@H](C2)N3S(=O)(=O)N2CCC(N)CC2)no1. The molecular weight excluding hydrogens is 394 g/mol. The van der Waals surface area contributed by atoms with Gasteiger partial charge in [0, 0.05) is 49.2 Å². The van der Waals surface area contributed by atoms with Gasteiger partial charge in [-0.05, 0) is 38.5 Å². The molecule has 3 N–H and O–H groups in total. The molecule has 10 heteroatoms. The first-order valence-electron chi connectivity index (χ1n) is 10.6. The highest BCUT2D eigenvalue weighted by molar-refractivity contribution is 7.86. The first kappa shape index (κ1) is 20.8. The van der Waals surface area contributed by atoms with Crippen molar-refractivity contribution in [1.82, 2.24) is 19.1 Å². The van der Waals surface area contributed by atoms with Crippen molar-refractivity contribution < 1.29 is 17.7 Å². The summed E-state index contributed by atoms with van der Waals surface area (Å²) >= 11 is 0. The molecule has 3 atom stereocenters. The van der Waals surface area contributed by atoms with Gasteiger partial charge in [-0.2, -0.15) is 17.0 Å². The normalized spacial score (nSPS) is 29.4. The van der Waals surface area contributed by atoms with Gasteiger partial charge in [-0.25, -0.2) is 0 Å². The average molecular weight is 426 g/mol. The lowest BCUT2D eigenvalue weighted by Gasteiger charge is -2.41. The molecule has 3 aliphatic heterocycles. The number of piperidine rings is 2. The predicted molar refractivity (Wildman–Crippen MR) is 107 cm³/mol. The lowest BCUT2D eigenvalue weighted by Crippen LogP contribution is -2.57. The van der Waals surface area contributed by atoms with E-state index in [1.54, 1.807) is 14.7 Å². The topological polar surface area (TPSA) is 122 Å². The number of carbonyl (C=O) groups is 1. The van der Waals surface area contributed by atoms with Gasteiger partial charge >= 0.3 is 0 Å². The number of aromatic nitrogens is 1. The molecule has 0 radical (unpaired) electrons. The number of nitrogens with two attached hydrogens (primary N) is 1. The van der Waals surface area contributed by atoms with Crippen LogP contribution in [0.15, 0.2) is 10.6 Å². The summed E-state index contributed by atoms with van der Waals surface area (Å²) in [7, 11) is -3.48. The number of fused-ring (bicyclic) bond motifs is 2. The van der Waals surface area contributed by atoms with E-state index in [2.05, 4.69) is 10.5 Å². The second-order valence-corrected chi connectivity index (χ2v) is 10.7. The Balaban J connectivity index is 1.40. The van der Waals surface area contributed by atoms with Crippen LogP contribution in [0.3, 0.4) is 0 Å². The molecule has 0 aromatic carbocycles. The zero-order chi connectivity index (χ0) is 20.8. The fourth-order valence-corrected chi connectivity index (χ4v) is 6.87. The van der Waals surface area contributed by atoms with E-state index in [1.807, 2.05) is 13.8 Å². The summed E-state index contributed by atoms with van der Waals surface area (Å²) in [5.41, 5.74) is 6.21. The molecule has 1 aromatic heterocycles. The van der Waals surface area contributed by atoms with Crippen LogP contribution in [0, 0.1) is 0 Å². The molecule has 3 aliphatic rings. The smallest absolute Gasteiger partial charge is 0.282 e. The molecule has 1 aromatic rings. The lowest BCUT2D eigenvalue weighted by atomic mass is 9.99. The Kier molecular flexibility index (Phi) is 5.71. The predicted octanol–water partition coefficient (Wildman–Crippen LogP) is 1.19. The largest absolute Gasteiger partial charge is 0.360 e. The first-order valence-corrected chi connectivity index (χ1v) is 12.0. The maximum atomic E-state index is 13.2. The van der Waals surface area contributed by atoms with Crippen LogP contribution in [-0.2, 0) is 10.2 Å². The average Bonchev–Trinajstić information content (AvgIpc) is 3.26. The maximum Gasteiger partial charge on any atom is 0.282 e. The van der Waals surface area contributed by atoms with Crippen molar-refractivity contribution in [2.24, 2.45) is 5.73 Å². The van der Waals surface area contributed by atoms with Gasteiger partial charge in [0.2, 0.25) is 0 Å². The second-order valence-electron chi connectivity index (χ2n) is 8.87. The Bertz CT molecular complexity index is 833. The highest BCUT2D eigenvalue weighted by atomic mass is 32.2. The summed E-state index contributed by atoms with van der Waals surface area (Å²) in [6.07, 6.45) is 4.35. The molecule has 162 valence electrons. The molecule has 3 saturated heterocycles. The Morgan fingerprint density at radius 1 is 1.21 bits per heavy atom. The molecular formula is C19H31N5O4S. The molecule has 1 amide bonds. The molecule has 4 heterocycles. The molecule has 0 saturated carbocycles. The number of hydrogen-bond donors (Lipinski definition) is 2. The molecule has 0 spiro atoms. The minimum atomic E-state index is -3.48. The van der Waals surface area contributed by atoms with Crippen molar-refractivity contribution in [2.75, 3.05) is 13.1 Å². The molecule has 1 unspecified atom stereocenters. The summed E-state index contributed by atoms with van der Waals surface area (Å²) in [6.45, 7) is 4.94. The quantitative estimate of drug-likeness (QED) is 0.731. The molecule has 29 heavy (non-hydrogen) atoms. The summed E-state index contributed by atoms with van der Waals surface area (Å²) < 4.78 is 35.0. The van der Waals surface area contributed by atoms with Gasteiger partial charge in [-0.15, -0.1) is 0 Å². The highest BCUT2D eigenvalue weighted by Gasteiger charge is 2.49. The van der Waals surface area contributed by atoms with Crippen LogP contribution in [-0.4, -0.2) is 65.3 Å². The zero-order valence-electron chi connectivity index (χ0n) is 17.1. The van der Waals surface area contributed by atoms with Crippen molar-refractivity contribution in [1.29, 1.82) is 0 Å². The molecule has 2 bridgehead atoms. The monoisotopic (exact) mass is 425 g/mol. The third-order valence-corrected chi connectivity index (χ3v) is 8.57. The Hall–Kier alpha value is -1.49. The Morgan fingerprint density at radius 2 is 1.83 bits per heavy atom. The first-order chi connectivity index (χ1) is 13.8. The van der Waals surface area contributed by atoms with E-state index >= 15 is 0 Å². The van der Waals surface area contributed by atoms with Gasteiger partial charge in [-0.3, -0.25) is 4.79 Å². The fourth-order valence-electron chi connectivity index (χ4n) is 4.80. The third-order valence-electron chi connectivity index (χ3n) is 6.42. The number of rotatable bonds is 5.